The zero-order valence-corrected chi connectivity index (χ0v) is 22.2. The first-order chi connectivity index (χ1) is 19.5. The maximum absolute atomic E-state index is 13.7. The van der Waals surface area contributed by atoms with Crippen LogP contribution in [0, 0.1) is 6.92 Å². The minimum Gasteiger partial charge on any atom is -0.486 e. The highest BCUT2D eigenvalue weighted by Gasteiger charge is 2.23. The molecule has 1 aromatic heterocycles. The van der Waals surface area contributed by atoms with Crippen molar-refractivity contribution >= 4 is 28.4 Å². The van der Waals surface area contributed by atoms with Gasteiger partial charge in [-0.05, 0) is 66.9 Å². The molecule has 0 unspecified atom stereocenters. The van der Waals surface area contributed by atoms with Crippen LogP contribution in [-0.4, -0.2) is 19.3 Å². The highest BCUT2D eigenvalue weighted by atomic mass is 16.6. The summed E-state index contributed by atoms with van der Waals surface area (Å²) in [5, 5.41) is 0.412. The van der Waals surface area contributed by atoms with Crippen molar-refractivity contribution in [1.29, 1.82) is 0 Å². The molecule has 1 aliphatic rings. The van der Waals surface area contributed by atoms with Gasteiger partial charge in [-0.3, -0.25) is 4.79 Å². The molecule has 0 spiro atoms. The first kappa shape index (κ1) is 25.2. The maximum atomic E-state index is 13.7. The first-order valence-electron chi connectivity index (χ1n) is 13.2. The van der Waals surface area contributed by atoms with Gasteiger partial charge in [0.05, 0.1) is 22.3 Å². The third kappa shape index (κ3) is 4.66. The predicted molar refractivity (Wildman–Crippen MR) is 154 cm³/mol. The van der Waals surface area contributed by atoms with Gasteiger partial charge in [-0.1, -0.05) is 49.4 Å². The molecule has 0 fully saturated rings. The van der Waals surface area contributed by atoms with Crippen molar-refractivity contribution in [3.05, 3.63) is 113 Å². The quantitative estimate of drug-likeness (QED) is 0.234. The summed E-state index contributed by atoms with van der Waals surface area (Å²) in [6.07, 6.45) is -0.0274. The van der Waals surface area contributed by atoms with Gasteiger partial charge in [-0.25, -0.2) is 9.69 Å². The van der Waals surface area contributed by atoms with E-state index in [2.05, 4.69) is 0 Å². The van der Waals surface area contributed by atoms with Crippen molar-refractivity contribution in [2.24, 2.45) is 0 Å². The number of fused-ring (bicyclic) bond motifs is 2. The molecule has 6 rings (SSSR count). The van der Waals surface area contributed by atoms with E-state index in [0.717, 1.165) is 0 Å². The summed E-state index contributed by atoms with van der Waals surface area (Å²) in [7, 11) is 0. The van der Waals surface area contributed by atoms with E-state index in [1.165, 1.54) is 4.90 Å². The predicted octanol–water partition coefficient (Wildman–Crippen LogP) is 7.44. The molecule has 0 bridgehead atoms. The number of carbonyl (C=O) groups is 1. The summed E-state index contributed by atoms with van der Waals surface area (Å²) >= 11 is 0. The van der Waals surface area contributed by atoms with Gasteiger partial charge in [-0.2, -0.15) is 0 Å². The molecule has 200 valence electrons. The van der Waals surface area contributed by atoms with Crippen LogP contribution in [-0.2, 0) is 6.42 Å². The second kappa shape index (κ2) is 10.6. The van der Waals surface area contributed by atoms with E-state index in [4.69, 9.17) is 18.6 Å². The van der Waals surface area contributed by atoms with E-state index >= 15 is 0 Å². The van der Waals surface area contributed by atoms with Crippen molar-refractivity contribution in [2.75, 3.05) is 18.1 Å². The lowest BCUT2D eigenvalue weighted by Crippen LogP contribution is -2.29. The number of rotatable bonds is 5. The summed E-state index contributed by atoms with van der Waals surface area (Å²) in [6, 6.07) is 27.4. The van der Waals surface area contributed by atoms with Gasteiger partial charge in [-0.15, -0.1) is 0 Å². The monoisotopic (exact) mass is 533 g/mol. The Hall–Kier alpha value is -5.04. The molecule has 7 nitrogen and oxygen atoms in total. The van der Waals surface area contributed by atoms with Crippen LogP contribution >= 0.6 is 0 Å². The molecule has 40 heavy (non-hydrogen) atoms. The van der Waals surface area contributed by atoms with Crippen LogP contribution in [0.25, 0.3) is 22.1 Å². The van der Waals surface area contributed by atoms with E-state index in [1.807, 2.05) is 73.7 Å². The van der Waals surface area contributed by atoms with Gasteiger partial charge in [0.15, 0.2) is 11.5 Å². The number of hydrogen-bond acceptors (Lipinski definition) is 6. The highest BCUT2D eigenvalue weighted by molar-refractivity contribution is 5.97. The Morgan fingerprint density at radius 2 is 1.50 bits per heavy atom. The normalized spacial score (nSPS) is 12.2. The lowest BCUT2D eigenvalue weighted by atomic mass is 10.00. The van der Waals surface area contributed by atoms with E-state index < -0.39 is 6.09 Å². The number of amides is 1. The first-order valence-corrected chi connectivity index (χ1v) is 13.2. The second-order valence-electron chi connectivity index (χ2n) is 9.40. The maximum Gasteiger partial charge on any atom is 0.424 e. The van der Waals surface area contributed by atoms with Crippen molar-refractivity contribution in [3.8, 4) is 28.4 Å². The SMILES string of the molecule is CCc1cc2c(=O)c(-c3ccc4c(c3)OCCO4)c(C)oc2cc1OC(=O)N(c1ccccc1)c1ccccc1. The number of aryl methyl sites for hydroxylation is 2. The van der Waals surface area contributed by atoms with Crippen molar-refractivity contribution < 1.29 is 23.4 Å². The molecule has 1 aliphatic heterocycles. The molecule has 7 heteroatoms. The molecule has 0 aliphatic carbocycles. The summed E-state index contributed by atoms with van der Waals surface area (Å²) < 4.78 is 23.5. The number of nitrogens with zero attached hydrogens (tertiary/aromatic N) is 1. The number of para-hydroxylation sites is 2. The average molecular weight is 534 g/mol. The molecule has 0 atom stereocenters. The van der Waals surface area contributed by atoms with E-state index in [-0.39, 0.29) is 5.43 Å². The van der Waals surface area contributed by atoms with Crippen LogP contribution in [0.2, 0.25) is 0 Å². The van der Waals surface area contributed by atoms with Crippen LogP contribution in [0.4, 0.5) is 16.2 Å². The number of ether oxygens (including phenoxy) is 3. The topological polar surface area (TPSA) is 78.2 Å². The van der Waals surface area contributed by atoms with Gasteiger partial charge >= 0.3 is 6.09 Å². The Labute approximate surface area is 231 Å². The fourth-order valence-electron chi connectivity index (χ4n) is 4.94. The lowest BCUT2D eigenvalue weighted by molar-refractivity contribution is 0.171. The molecular weight excluding hydrogens is 506 g/mol. The van der Waals surface area contributed by atoms with Gasteiger partial charge in [0.1, 0.15) is 30.3 Å². The van der Waals surface area contributed by atoms with Crippen LogP contribution in [0.15, 0.2) is 100 Å². The molecule has 0 radical (unpaired) electrons. The number of hydrogen-bond donors (Lipinski definition) is 0. The van der Waals surface area contributed by atoms with Gasteiger partial charge in [0.2, 0.25) is 5.43 Å². The molecule has 5 aromatic rings. The molecule has 0 N–H and O–H groups in total. The van der Waals surface area contributed by atoms with Crippen molar-refractivity contribution in [1.82, 2.24) is 0 Å². The van der Waals surface area contributed by atoms with Gasteiger partial charge < -0.3 is 18.6 Å². The fourth-order valence-corrected chi connectivity index (χ4v) is 4.94. The summed E-state index contributed by atoms with van der Waals surface area (Å²) in [5.74, 6) is 2.04. The third-order valence-electron chi connectivity index (χ3n) is 6.87. The Balaban J connectivity index is 1.40. The fraction of sp³-hybridized carbons (Fsp3) is 0.152. The molecule has 2 heterocycles. The molecule has 0 saturated carbocycles. The standard InChI is InChI=1S/C33H27NO6/c1-3-22-18-26-29(39-21(2)31(32(26)35)23-14-15-27-30(19-23)38-17-16-37-27)20-28(22)40-33(36)34(24-10-6-4-7-11-24)25-12-8-5-9-13-25/h4-15,18-20H,3,16-17H2,1-2H3. The molecule has 0 saturated heterocycles. The number of carbonyl (C=O) groups excluding carboxylic acids is 1. The third-order valence-corrected chi connectivity index (χ3v) is 6.87. The van der Waals surface area contributed by atoms with Crippen molar-refractivity contribution in [3.63, 3.8) is 0 Å². The highest BCUT2D eigenvalue weighted by Crippen LogP contribution is 2.36. The van der Waals surface area contributed by atoms with E-state index in [0.29, 0.717) is 81.7 Å². The van der Waals surface area contributed by atoms with Gasteiger partial charge in [0.25, 0.3) is 0 Å². The minimum absolute atomic E-state index is 0.168. The largest absolute Gasteiger partial charge is 0.486 e. The summed E-state index contributed by atoms with van der Waals surface area (Å²) in [5.41, 5.74) is 3.37. The lowest BCUT2D eigenvalue weighted by Gasteiger charge is -2.23. The molecule has 1 amide bonds. The Morgan fingerprint density at radius 3 is 2.15 bits per heavy atom. The van der Waals surface area contributed by atoms with Gasteiger partial charge in [0, 0.05) is 6.07 Å². The summed E-state index contributed by atoms with van der Waals surface area (Å²) in [4.78, 5) is 28.9. The number of benzene rings is 4. The van der Waals surface area contributed by atoms with Crippen LogP contribution < -0.4 is 24.5 Å². The smallest absolute Gasteiger partial charge is 0.424 e. The second-order valence-corrected chi connectivity index (χ2v) is 9.40. The zero-order valence-electron chi connectivity index (χ0n) is 22.2. The number of anilines is 2. The zero-order chi connectivity index (χ0) is 27.6. The van der Waals surface area contributed by atoms with Crippen molar-refractivity contribution in [2.45, 2.75) is 20.3 Å². The summed E-state index contributed by atoms with van der Waals surface area (Å²) in [6.45, 7) is 4.64. The molecular formula is C33H27NO6. The van der Waals surface area contributed by atoms with Crippen LogP contribution in [0.5, 0.6) is 17.2 Å². The Bertz CT molecular complexity index is 1720. The molecule has 4 aromatic carbocycles. The minimum atomic E-state index is -0.571. The van der Waals surface area contributed by atoms with Crippen LogP contribution in [0.3, 0.4) is 0 Å². The Morgan fingerprint density at radius 1 is 0.850 bits per heavy atom. The van der Waals surface area contributed by atoms with Crippen LogP contribution in [0.1, 0.15) is 18.2 Å². The van der Waals surface area contributed by atoms with E-state index in [9.17, 15) is 9.59 Å². The Kier molecular flexibility index (Phi) is 6.70. The van der Waals surface area contributed by atoms with E-state index in [1.54, 1.807) is 31.2 Å². The average Bonchev–Trinajstić information content (AvgIpc) is 2.98.